The molecule has 1 saturated carbocycles. The molecular weight excluding hydrogens is 190 g/mol. The quantitative estimate of drug-likeness (QED) is 0.624. The third-order valence-corrected chi connectivity index (χ3v) is 3.45. The van der Waals surface area contributed by atoms with Crippen molar-refractivity contribution in [3.8, 4) is 0 Å². The predicted octanol–water partition coefficient (Wildman–Crippen LogP) is 2.51. The number of hydroxylamine groups is 2. The summed E-state index contributed by atoms with van der Waals surface area (Å²) >= 11 is 0. The average Bonchev–Trinajstić information content (AvgIpc) is 2.58. The van der Waals surface area contributed by atoms with Crippen LogP contribution >= 0.6 is 0 Å². The number of rotatable bonds is 1. The standard InChI is InChI=1S/C12H21NO2/c14-12(13-9-5-6-10-15-13)11-7-3-1-2-4-8-11/h11H,1-10H2. The molecule has 2 fully saturated rings. The van der Waals surface area contributed by atoms with Gasteiger partial charge in [0, 0.05) is 12.5 Å². The molecule has 2 aliphatic rings. The van der Waals surface area contributed by atoms with Crippen molar-refractivity contribution in [3.63, 3.8) is 0 Å². The fourth-order valence-corrected chi connectivity index (χ4v) is 2.50. The first-order valence-electron chi connectivity index (χ1n) is 6.32. The minimum absolute atomic E-state index is 0.241. The summed E-state index contributed by atoms with van der Waals surface area (Å²) in [5.74, 6) is 0.488. The molecule has 0 aromatic carbocycles. The third-order valence-electron chi connectivity index (χ3n) is 3.45. The van der Waals surface area contributed by atoms with E-state index in [0.29, 0.717) is 0 Å². The van der Waals surface area contributed by atoms with Gasteiger partial charge in [-0.15, -0.1) is 0 Å². The Morgan fingerprint density at radius 1 is 1.00 bits per heavy atom. The second-order valence-corrected chi connectivity index (χ2v) is 4.67. The second kappa shape index (κ2) is 5.50. The molecular formula is C12H21NO2. The molecule has 86 valence electrons. The molecule has 0 aromatic heterocycles. The second-order valence-electron chi connectivity index (χ2n) is 4.67. The van der Waals surface area contributed by atoms with E-state index in [1.807, 2.05) is 0 Å². The van der Waals surface area contributed by atoms with Crippen LogP contribution in [0.3, 0.4) is 0 Å². The van der Waals surface area contributed by atoms with Gasteiger partial charge in [0.05, 0.1) is 6.61 Å². The highest BCUT2D eigenvalue weighted by Crippen LogP contribution is 2.25. The van der Waals surface area contributed by atoms with Crippen molar-refractivity contribution in [1.29, 1.82) is 0 Å². The number of nitrogens with zero attached hydrogens (tertiary/aromatic N) is 1. The highest BCUT2D eigenvalue weighted by molar-refractivity contribution is 5.77. The van der Waals surface area contributed by atoms with Crippen molar-refractivity contribution < 1.29 is 9.63 Å². The summed E-state index contributed by atoms with van der Waals surface area (Å²) < 4.78 is 0. The van der Waals surface area contributed by atoms with Crippen molar-refractivity contribution in [2.45, 2.75) is 51.4 Å². The molecule has 0 bridgehead atoms. The monoisotopic (exact) mass is 211 g/mol. The Morgan fingerprint density at radius 2 is 1.73 bits per heavy atom. The zero-order valence-electron chi connectivity index (χ0n) is 9.41. The summed E-state index contributed by atoms with van der Waals surface area (Å²) in [5, 5.41) is 1.62. The molecule has 0 atom stereocenters. The molecule has 0 spiro atoms. The Hall–Kier alpha value is -0.570. The van der Waals surface area contributed by atoms with Crippen LogP contribution in [0.15, 0.2) is 0 Å². The van der Waals surface area contributed by atoms with Gasteiger partial charge in [0.1, 0.15) is 0 Å². The summed E-state index contributed by atoms with van der Waals surface area (Å²) in [6, 6.07) is 0. The molecule has 1 aliphatic heterocycles. The van der Waals surface area contributed by atoms with Crippen molar-refractivity contribution in [2.75, 3.05) is 13.2 Å². The van der Waals surface area contributed by atoms with Gasteiger partial charge in [0.25, 0.3) is 0 Å². The van der Waals surface area contributed by atoms with Gasteiger partial charge in [-0.05, 0) is 25.7 Å². The lowest BCUT2D eigenvalue weighted by Crippen LogP contribution is -2.39. The highest BCUT2D eigenvalue weighted by atomic mass is 16.7. The molecule has 3 heteroatoms. The maximum atomic E-state index is 12.1. The molecule has 0 radical (unpaired) electrons. The number of carbonyl (C=O) groups excluding carboxylic acids is 1. The van der Waals surface area contributed by atoms with Gasteiger partial charge >= 0.3 is 0 Å². The summed E-state index contributed by atoms with van der Waals surface area (Å²) in [5.41, 5.74) is 0. The topological polar surface area (TPSA) is 29.5 Å². The number of hydrogen-bond acceptors (Lipinski definition) is 2. The number of carbonyl (C=O) groups is 1. The van der Waals surface area contributed by atoms with E-state index >= 15 is 0 Å². The van der Waals surface area contributed by atoms with Gasteiger partial charge in [-0.2, -0.15) is 0 Å². The Bertz CT molecular complexity index is 204. The van der Waals surface area contributed by atoms with Crippen molar-refractivity contribution in [1.82, 2.24) is 5.06 Å². The Labute approximate surface area is 91.7 Å². The minimum atomic E-state index is 0.241. The van der Waals surface area contributed by atoms with Gasteiger partial charge < -0.3 is 0 Å². The van der Waals surface area contributed by atoms with E-state index in [1.165, 1.54) is 25.7 Å². The molecule has 0 N–H and O–H groups in total. The van der Waals surface area contributed by atoms with Crippen LogP contribution in [0.25, 0.3) is 0 Å². The number of amides is 1. The zero-order valence-corrected chi connectivity index (χ0v) is 9.41. The van der Waals surface area contributed by atoms with E-state index in [2.05, 4.69) is 0 Å². The van der Waals surface area contributed by atoms with E-state index in [1.54, 1.807) is 5.06 Å². The first-order chi connectivity index (χ1) is 7.38. The maximum Gasteiger partial charge on any atom is 0.249 e. The molecule has 2 rings (SSSR count). The van der Waals surface area contributed by atoms with E-state index in [-0.39, 0.29) is 11.8 Å². The highest BCUT2D eigenvalue weighted by Gasteiger charge is 2.26. The van der Waals surface area contributed by atoms with Gasteiger partial charge in [0.15, 0.2) is 0 Å². The summed E-state index contributed by atoms with van der Waals surface area (Å²) in [6.07, 6.45) is 9.34. The molecule has 1 amide bonds. The van der Waals surface area contributed by atoms with E-state index in [9.17, 15) is 4.79 Å². The molecule has 15 heavy (non-hydrogen) atoms. The zero-order chi connectivity index (χ0) is 10.5. The molecule has 1 aliphatic carbocycles. The fourth-order valence-electron chi connectivity index (χ4n) is 2.50. The van der Waals surface area contributed by atoms with E-state index in [0.717, 1.165) is 38.8 Å². The van der Waals surface area contributed by atoms with Crippen LogP contribution in [-0.4, -0.2) is 24.1 Å². The Balaban J connectivity index is 1.87. The van der Waals surface area contributed by atoms with Gasteiger partial charge in [0.2, 0.25) is 5.91 Å². The predicted molar refractivity (Wildman–Crippen MR) is 58.1 cm³/mol. The molecule has 0 unspecified atom stereocenters. The normalized spacial score (nSPS) is 24.9. The molecule has 1 heterocycles. The van der Waals surface area contributed by atoms with Crippen molar-refractivity contribution >= 4 is 5.91 Å². The van der Waals surface area contributed by atoms with Crippen molar-refractivity contribution in [2.24, 2.45) is 5.92 Å². The van der Waals surface area contributed by atoms with Crippen LogP contribution in [0.1, 0.15) is 51.4 Å². The average molecular weight is 211 g/mol. The summed E-state index contributed by atoms with van der Waals surface area (Å²) in [4.78, 5) is 17.5. The lowest BCUT2D eigenvalue weighted by molar-refractivity contribution is -0.201. The van der Waals surface area contributed by atoms with Crippen LogP contribution in [0.5, 0.6) is 0 Å². The Morgan fingerprint density at radius 3 is 2.33 bits per heavy atom. The molecule has 1 saturated heterocycles. The smallest absolute Gasteiger partial charge is 0.249 e. The molecule has 0 aromatic rings. The third kappa shape index (κ3) is 2.94. The van der Waals surface area contributed by atoms with Crippen LogP contribution < -0.4 is 0 Å². The largest absolute Gasteiger partial charge is 0.272 e. The van der Waals surface area contributed by atoms with E-state index in [4.69, 9.17) is 4.84 Å². The van der Waals surface area contributed by atoms with E-state index < -0.39 is 0 Å². The van der Waals surface area contributed by atoms with Crippen LogP contribution in [0.4, 0.5) is 0 Å². The van der Waals surface area contributed by atoms with Gasteiger partial charge in [-0.25, -0.2) is 5.06 Å². The van der Waals surface area contributed by atoms with Crippen molar-refractivity contribution in [3.05, 3.63) is 0 Å². The SMILES string of the molecule is O=C(C1CCCCCC1)N1CCCCO1. The lowest BCUT2D eigenvalue weighted by atomic mass is 9.99. The molecule has 3 nitrogen and oxygen atoms in total. The van der Waals surface area contributed by atoms with Gasteiger partial charge in [-0.1, -0.05) is 25.7 Å². The van der Waals surface area contributed by atoms with Crippen LogP contribution in [0.2, 0.25) is 0 Å². The number of hydrogen-bond donors (Lipinski definition) is 0. The minimum Gasteiger partial charge on any atom is -0.272 e. The van der Waals surface area contributed by atoms with Crippen LogP contribution in [0, 0.1) is 5.92 Å². The maximum absolute atomic E-state index is 12.1. The lowest BCUT2D eigenvalue weighted by Gasteiger charge is -2.29. The van der Waals surface area contributed by atoms with Gasteiger partial charge in [-0.3, -0.25) is 9.63 Å². The first kappa shape index (κ1) is 10.9. The van der Waals surface area contributed by atoms with Crippen LogP contribution in [-0.2, 0) is 9.63 Å². The summed E-state index contributed by atoms with van der Waals surface area (Å²) in [6.45, 7) is 1.52. The Kier molecular flexibility index (Phi) is 4.01. The summed E-state index contributed by atoms with van der Waals surface area (Å²) in [7, 11) is 0. The fraction of sp³-hybridized carbons (Fsp3) is 0.917. The first-order valence-corrected chi connectivity index (χ1v) is 6.32.